The highest BCUT2D eigenvalue weighted by Gasteiger charge is 2.24. The molecular formula is C14H19N3O2S. The van der Waals surface area contributed by atoms with Crippen LogP contribution in [-0.2, 0) is 16.6 Å². The van der Waals surface area contributed by atoms with Gasteiger partial charge in [-0.05, 0) is 18.9 Å². The zero-order valence-corrected chi connectivity index (χ0v) is 12.5. The van der Waals surface area contributed by atoms with Gasteiger partial charge in [0, 0.05) is 19.3 Å². The highest BCUT2D eigenvalue weighted by Crippen LogP contribution is 2.17. The summed E-state index contributed by atoms with van der Waals surface area (Å²) in [5.41, 5.74) is 2.14. The molecule has 1 aromatic heterocycles. The molecule has 0 radical (unpaired) electrons. The summed E-state index contributed by atoms with van der Waals surface area (Å²) in [7, 11) is -3.49. The van der Waals surface area contributed by atoms with Crippen LogP contribution in [0.5, 0.6) is 0 Å². The largest absolute Gasteiger partial charge is 0.284 e. The maximum Gasteiger partial charge on any atom is 0.246 e. The van der Waals surface area contributed by atoms with Crippen LogP contribution in [-0.4, -0.2) is 29.5 Å². The van der Waals surface area contributed by atoms with Gasteiger partial charge >= 0.3 is 0 Å². The van der Waals surface area contributed by atoms with Crippen LogP contribution < -0.4 is 0 Å². The quantitative estimate of drug-likeness (QED) is 0.889. The van der Waals surface area contributed by atoms with Crippen LogP contribution in [0.15, 0.2) is 41.6 Å². The van der Waals surface area contributed by atoms with Crippen LogP contribution in [0, 0.1) is 6.92 Å². The predicted molar refractivity (Wildman–Crippen MR) is 77.7 cm³/mol. The number of aromatic nitrogens is 2. The second-order valence-corrected chi connectivity index (χ2v) is 6.70. The SMILES string of the molecule is CCCN(Cc1ccc(C)cc1)S(=O)(=O)c1cn[nH]c1. The monoisotopic (exact) mass is 293 g/mol. The lowest BCUT2D eigenvalue weighted by Crippen LogP contribution is -2.31. The third-order valence-electron chi connectivity index (χ3n) is 3.06. The number of aryl methyl sites for hydroxylation is 1. The first kappa shape index (κ1) is 14.7. The van der Waals surface area contributed by atoms with E-state index in [1.165, 1.54) is 16.7 Å². The van der Waals surface area contributed by atoms with Gasteiger partial charge in [-0.15, -0.1) is 0 Å². The molecule has 1 heterocycles. The van der Waals surface area contributed by atoms with Gasteiger partial charge in [0.25, 0.3) is 0 Å². The zero-order chi connectivity index (χ0) is 14.6. The number of benzene rings is 1. The number of H-pyrrole nitrogens is 1. The van der Waals surface area contributed by atoms with Gasteiger partial charge in [0.1, 0.15) is 4.90 Å². The molecule has 0 aliphatic heterocycles. The van der Waals surface area contributed by atoms with Crippen LogP contribution in [0.4, 0.5) is 0 Å². The van der Waals surface area contributed by atoms with Crippen LogP contribution in [0.25, 0.3) is 0 Å². The Bertz CT molecular complexity index is 634. The molecule has 0 fully saturated rings. The number of sulfonamides is 1. The number of nitrogens with one attached hydrogen (secondary N) is 1. The third-order valence-corrected chi connectivity index (χ3v) is 4.87. The standard InChI is InChI=1S/C14H19N3O2S/c1-3-8-17(11-13-6-4-12(2)5-7-13)20(18,19)14-9-15-16-10-14/h4-7,9-10H,3,8,11H2,1-2H3,(H,15,16). The first-order valence-corrected chi connectivity index (χ1v) is 8.02. The van der Waals surface area contributed by atoms with Crippen molar-refractivity contribution in [3.63, 3.8) is 0 Å². The smallest absolute Gasteiger partial charge is 0.246 e. The van der Waals surface area contributed by atoms with E-state index in [0.29, 0.717) is 13.1 Å². The Balaban J connectivity index is 2.25. The molecule has 0 saturated carbocycles. The topological polar surface area (TPSA) is 66.1 Å². The van der Waals surface area contributed by atoms with Crippen molar-refractivity contribution < 1.29 is 8.42 Å². The Morgan fingerprint density at radius 1 is 1.25 bits per heavy atom. The molecule has 0 saturated heterocycles. The molecule has 2 rings (SSSR count). The van der Waals surface area contributed by atoms with Crippen molar-refractivity contribution in [3.8, 4) is 0 Å². The summed E-state index contributed by atoms with van der Waals surface area (Å²) < 4.78 is 26.5. The maximum absolute atomic E-state index is 12.5. The van der Waals surface area contributed by atoms with Crippen molar-refractivity contribution in [2.75, 3.05) is 6.54 Å². The van der Waals surface area contributed by atoms with E-state index in [1.54, 1.807) is 0 Å². The van der Waals surface area contributed by atoms with Crippen molar-refractivity contribution in [2.45, 2.75) is 31.7 Å². The summed E-state index contributed by atoms with van der Waals surface area (Å²) in [6, 6.07) is 7.90. The number of hydrogen-bond acceptors (Lipinski definition) is 3. The molecule has 0 aliphatic rings. The molecule has 5 nitrogen and oxygen atoms in total. The van der Waals surface area contributed by atoms with E-state index in [9.17, 15) is 8.42 Å². The minimum atomic E-state index is -3.49. The molecule has 0 aliphatic carbocycles. The lowest BCUT2D eigenvalue weighted by atomic mass is 10.1. The zero-order valence-electron chi connectivity index (χ0n) is 11.7. The van der Waals surface area contributed by atoms with Gasteiger partial charge in [0.15, 0.2) is 0 Å². The first-order chi connectivity index (χ1) is 9.54. The third kappa shape index (κ3) is 3.26. The van der Waals surface area contributed by atoms with Gasteiger partial charge in [-0.1, -0.05) is 36.8 Å². The second kappa shape index (κ2) is 6.19. The molecule has 0 spiro atoms. The summed E-state index contributed by atoms with van der Waals surface area (Å²) in [5.74, 6) is 0. The van der Waals surface area contributed by atoms with E-state index in [-0.39, 0.29) is 4.90 Å². The van der Waals surface area contributed by atoms with Gasteiger partial charge in [0.05, 0.1) is 6.20 Å². The lowest BCUT2D eigenvalue weighted by molar-refractivity contribution is 0.405. The summed E-state index contributed by atoms with van der Waals surface area (Å²) >= 11 is 0. The Kier molecular flexibility index (Phi) is 4.57. The van der Waals surface area contributed by atoms with E-state index < -0.39 is 10.0 Å². The Morgan fingerprint density at radius 3 is 2.50 bits per heavy atom. The average molecular weight is 293 g/mol. The summed E-state index contributed by atoms with van der Waals surface area (Å²) in [5, 5.41) is 6.27. The van der Waals surface area contributed by atoms with E-state index >= 15 is 0 Å². The Hall–Kier alpha value is -1.66. The van der Waals surface area contributed by atoms with Gasteiger partial charge in [-0.25, -0.2) is 8.42 Å². The summed E-state index contributed by atoms with van der Waals surface area (Å²) in [6.45, 7) is 4.84. The van der Waals surface area contributed by atoms with Gasteiger partial charge < -0.3 is 0 Å². The average Bonchev–Trinajstić information content (AvgIpc) is 2.95. The minimum absolute atomic E-state index is 0.207. The molecule has 0 bridgehead atoms. The van der Waals surface area contributed by atoms with Crippen molar-refractivity contribution in [1.82, 2.24) is 14.5 Å². The maximum atomic E-state index is 12.5. The highest BCUT2D eigenvalue weighted by atomic mass is 32.2. The van der Waals surface area contributed by atoms with E-state index in [1.807, 2.05) is 38.1 Å². The highest BCUT2D eigenvalue weighted by molar-refractivity contribution is 7.89. The van der Waals surface area contributed by atoms with Crippen LogP contribution in [0.2, 0.25) is 0 Å². The molecule has 1 N–H and O–H groups in total. The first-order valence-electron chi connectivity index (χ1n) is 6.58. The fourth-order valence-electron chi connectivity index (χ4n) is 1.96. The summed E-state index contributed by atoms with van der Waals surface area (Å²) in [6.07, 6.45) is 3.52. The summed E-state index contributed by atoms with van der Waals surface area (Å²) in [4.78, 5) is 0.207. The van der Waals surface area contributed by atoms with Crippen molar-refractivity contribution in [3.05, 3.63) is 47.8 Å². The lowest BCUT2D eigenvalue weighted by Gasteiger charge is -2.20. The fourth-order valence-corrected chi connectivity index (χ4v) is 3.39. The van der Waals surface area contributed by atoms with Crippen molar-refractivity contribution in [1.29, 1.82) is 0 Å². The number of aromatic amines is 1. The van der Waals surface area contributed by atoms with Gasteiger partial charge in [0.2, 0.25) is 10.0 Å². The number of hydrogen-bond donors (Lipinski definition) is 1. The molecule has 0 amide bonds. The molecule has 0 atom stereocenters. The van der Waals surface area contributed by atoms with Crippen molar-refractivity contribution >= 4 is 10.0 Å². The molecule has 0 unspecified atom stereocenters. The minimum Gasteiger partial charge on any atom is -0.284 e. The van der Waals surface area contributed by atoms with Gasteiger partial charge in [-0.3, -0.25) is 5.10 Å². The van der Waals surface area contributed by atoms with Gasteiger partial charge in [-0.2, -0.15) is 9.40 Å². The van der Waals surface area contributed by atoms with Crippen LogP contribution >= 0.6 is 0 Å². The Morgan fingerprint density at radius 2 is 1.95 bits per heavy atom. The number of rotatable bonds is 6. The molecule has 1 aromatic carbocycles. The second-order valence-electron chi connectivity index (χ2n) is 4.76. The molecular weight excluding hydrogens is 274 g/mol. The van der Waals surface area contributed by atoms with E-state index in [2.05, 4.69) is 10.2 Å². The fraction of sp³-hybridized carbons (Fsp3) is 0.357. The molecule has 108 valence electrons. The predicted octanol–water partition coefficient (Wildman–Crippen LogP) is 2.32. The normalized spacial score (nSPS) is 11.9. The van der Waals surface area contributed by atoms with Crippen LogP contribution in [0.3, 0.4) is 0 Å². The molecule has 2 aromatic rings. The van der Waals surface area contributed by atoms with E-state index in [0.717, 1.165) is 17.5 Å². The van der Waals surface area contributed by atoms with Crippen molar-refractivity contribution in [2.24, 2.45) is 0 Å². The molecule has 6 heteroatoms. The molecule has 20 heavy (non-hydrogen) atoms. The van der Waals surface area contributed by atoms with E-state index in [4.69, 9.17) is 0 Å². The number of nitrogens with zero attached hydrogens (tertiary/aromatic N) is 2. The Labute approximate surface area is 119 Å². The van der Waals surface area contributed by atoms with Crippen LogP contribution in [0.1, 0.15) is 24.5 Å².